The van der Waals surface area contributed by atoms with Gasteiger partial charge in [0.15, 0.2) is 0 Å². The summed E-state index contributed by atoms with van der Waals surface area (Å²) in [5.41, 5.74) is 1.88. The average molecular weight is 405 g/mol. The summed E-state index contributed by atoms with van der Waals surface area (Å²) < 4.78 is 17.2. The highest BCUT2D eigenvalue weighted by Gasteiger charge is 2.20. The zero-order valence-corrected chi connectivity index (χ0v) is 15.8. The Morgan fingerprint density at radius 2 is 1.83 bits per heavy atom. The van der Waals surface area contributed by atoms with E-state index < -0.39 is 16.6 Å². The maximum Gasteiger partial charge on any atom is 0.274 e. The number of hydrogen-bond acceptors (Lipinski definition) is 4. The number of non-ortho nitro benzene ring substituents is 1. The van der Waals surface area contributed by atoms with E-state index in [0.717, 1.165) is 5.69 Å². The van der Waals surface area contributed by atoms with Crippen LogP contribution in [0.1, 0.15) is 10.5 Å². The van der Waals surface area contributed by atoms with E-state index >= 15 is 0 Å². The molecule has 2 aromatic carbocycles. The molecule has 1 N–H and O–H groups in total. The van der Waals surface area contributed by atoms with Crippen LogP contribution in [0.3, 0.4) is 0 Å². The van der Waals surface area contributed by atoms with Gasteiger partial charge in [0, 0.05) is 25.4 Å². The molecular weight excluding hydrogens is 389 g/mol. The van der Waals surface area contributed by atoms with E-state index in [1.165, 1.54) is 47.1 Å². The summed E-state index contributed by atoms with van der Waals surface area (Å²) in [6.45, 7) is 0. The molecule has 0 aliphatic rings. The van der Waals surface area contributed by atoms with E-state index in [-0.39, 0.29) is 17.1 Å². The fraction of sp³-hybridized carbons (Fsp3) is 0.0476. The molecule has 0 unspecified atom stereocenters. The number of halogens is 1. The number of rotatable bonds is 5. The number of nitrogens with one attached hydrogen (secondary N) is 1. The first-order valence-corrected chi connectivity index (χ1v) is 8.96. The van der Waals surface area contributed by atoms with Crippen LogP contribution in [0.5, 0.6) is 0 Å². The fourth-order valence-electron chi connectivity index (χ4n) is 3.06. The van der Waals surface area contributed by atoms with Gasteiger partial charge in [-0.15, -0.1) is 0 Å². The van der Waals surface area contributed by atoms with Crippen LogP contribution in [0.25, 0.3) is 17.1 Å². The highest BCUT2D eigenvalue weighted by Crippen LogP contribution is 2.24. The molecule has 4 aromatic rings. The third-order valence-corrected chi connectivity index (χ3v) is 4.58. The number of amides is 1. The number of carbonyl (C=O) groups excluding carboxylic acids is 1. The summed E-state index contributed by atoms with van der Waals surface area (Å²) in [5.74, 6) is -1.12. The summed E-state index contributed by atoms with van der Waals surface area (Å²) in [6.07, 6.45) is 1.85. The molecule has 150 valence electrons. The normalized spacial score (nSPS) is 10.7. The van der Waals surface area contributed by atoms with Gasteiger partial charge in [-0.05, 0) is 42.5 Å². The number of hydrogen-bond donors (Lipinski definition) is 1. The molecule has 0 aliphatic carbocycles. The van der Waals surface area contributed by atoms with Crippen LogP contribution < -0.4 is 5.32 Å². The van der Waals surface area contributed by atoms with Gasteiger partial charge in [0.25, 0.3) is 11.6 Å². The Kier molecular flexibility index (Phi) is 4.85. The van der Waals surface area contributed by atoms with Crippen LogP contribution in [0.2, 0.25) is 0 Å². The van der Waals surface area contributed by atoms with Gasteiger partial charge >= 0.3 is 0 Å². The van der Waals surface area contributed by atoms with Crippen LogP contribution in [0, 0.1) is 15.9 Å². The Hall–Kier alpha value is -4.27. The van der Waals surface area contributed by atoms with Gasteiger partial charge in [-0.2, -0.15) is 5.10 Å². The largest absolute Gasteiger partial charge is 0.349 e. The molecule has 0 atom stereocenters. The molecule has 9 heteroatoms. The Balaban J connectivity index is 1.78. The van der Waals surface area contributed by atoms with E-state index in [1.54, 1.807) is 12.1 Å². The van der Waals surface area contributed by atoms with Gasteiger partial charge in [0.05, 0.1) is 22.0 Å². The number of aromatic nitrogens is 3. The number of para-hydroxylation sites is 1. The number of benzene rings is 2. The second-order valence-corrected chi connectivity index (χ2v) is 6.54. The fourth-order valence-corrected chi connectivity index (χ4v) is 3.06. The number of nitrogens with zero attached hydrogens (tertiary/aromatic N) is 4. The molecule has 30 heavy (non-hydrogen) atoms. The molecule has 0 bridgehead atoms. The summed E-state index contributed by atoms with van der Waals surface area (Å²) in [6, 6.07) is 16.8. The van der Waals surface area contributed by atoms with Crippen LogP contribution in [0.4, 0.5) is 15.8 Å². The first-order chi connectivity index (χ1) is 14.4. The minimum absolute atomic E-state index is 0.0411. The summed E-state index contributed by atoms with van der Waals surface area (Å²) in [7, 11) is 1.85. The maximum atomic E-state index is 14.0. The minimum atomic E-state index is -0.564. The minimum Gasteiger partial charge on any atom is -0.349 e. The van der Waals surface area contributed by atoms with E-state index in [0.29, 0.717) is 11.4 Å². The van der Waals surface area contributed by atoms with E-state index in [1.807, 2.05) is 29.9 Å². The van der Waals surface area contributed by atoms with Crippen molar-refractivity contribution >= 4 is 17.3 Å². The molecule has 0 radical (unpaired) electrons. The third kappa shape index (κ3) is 3.55. The molecule has 0 saturated carbocycles. The average Bonchev–Trinajstić information content (AvgIpc) is 3.36. The van der Waals surface area contributed by atoms with E-state index in [4.69, 9.17) is 0 Å². The van der Waals surface area contributed by atoms with E-state index in [2.05, 4.69) is 10.4 Å². The molecule has 1 amide bonds. The SMILES string of the molecule is Cn1cccc1-c1cc(C(=O)Nc2ccccc2F)n(-c2ccc([N+](=O)[O-])cc2)n1. The molecule has 0 fully saturated rings. The standard InChI is InChI=1S/C21H16FN5O3/c1-25-12-4-7-19(25)18-13-20(21(28)23-17-6-3-2-5-16(17)22)26(24-18)14-8-10-15(11-9-14)27(29)30/h2-13H,1H3,(H,23,28). The number of carbonyl (C=O) groups is 1. The van der Waals surface area contributed by atoms with Crippen molar-refractivity contribution in [3.8, 4) is 17.1 Å². The van der Waals surface area contributed by atoms with Crippen LogP contribution in [-0.2, 0) is 7.05 Å². The lowest BCUT2D eigenvalue weighted by atomic mass is 10.2. The van der Waals surface area contributed by atoms with E-state index in [9.17, 15) is 19.3 Å². The predicted octanol–water partition coefficient (Wildman–Crippen LogP) is 4.18. The summed E-state index contributed by atoms with van der Waals surface area (Å²) in [5, 5.41) is 18.0. The molecule has 2 aromatic heterocycles. The molecule has 0 saturated heterocycles. The second-order valence-electron chi connectivity index (χ2n) is 6.54. The Labute approximate surface area is 170 Å². The summed E-state index contributed by atoms with van der Waals surface area (Å²) >= 11 is 0. The zero-order valence-electron chi connectivity index (χ0n) is 15.8. The van der Waals surface area contributed by atoms with Gasteiger partial charge < -0.3 is 9.88 Å². The molecule has 0 aliphatic heterocycles. The van der Waals surface area contributed by atoms with Crippen molar-refractivity contribution in [3.05, 3.63) is 94.6 Å². The zero-order chi connectivity index (χ0) is 21.3. The molecular formula is C21H16FN5O3. The molecule has 4 rings (SSSR count). The molecule has 8 nitrogen and oxygen atoms in total. The van der Waals surface area contributed by atoms with Gasteiger partial charge in [-0.25, -0.2) is 9.07 Å². The van der Waals surface area contributed by atoms with Gasteiger partial charge in [0.2, 0.25) is 0 Å². The Morgan fingerprint density at radius 1 is 1.10 bits per heavy atom. The quantitative estimate of drug-likeness (QED) is 0.398. The summed E-state index contributed by atoms with van der Waals surface area (Å²) in [4.78, 5) is 23.4. The van der Waals surface area contributed by atoms with Crippen LogP contribution in [-0.4, -0.2) is 25.2 Å². The lowest BCUT2D eigenvalue weighted by Crippen LogP contribution is -2.17. The Morgan fingerprint density at radius 3 is 2.47 bits per heavy atom. The number of aryl methyl sites for hydroxylation is 1. The maximum absolute atomic E-state index is 14.0. The van der Waals surface area contributed by atoms with Crippen molar-refractivity contribution in [1.29, 1.82) is 0 Å². The van der Waals surface area contributed by atoms with Crippen molar-refractivity contribution in [1.82, 2.24) is 14.3 Å². The number of nitro benzene ring substituents is 1. The smallest absolute Gasteiger partial charge is 0.274 e. The monoisotopic (exact) mass is 405 g/mol. The highest BCUT2D eigenvalue weighted by molar-refractivity contribution is 6.04. The van der Waals surface area contributed by atoms with Crippen molar-refractivity contribution in [2.24, 2.45) is 7.05 Å². The lowest BCUT2D eigenvalue weighted by molar-refractivity contribution is -0.384. The predicted molar refractivity (Wildman–Crippen MR) is 109 cm³/mol. The second kappa shape index (κ2) is 7.63. The first kappa shape index (κ1) is 19.1. The van der Waals surface area contributed by atoms with Crippen molar-refractivity contribution in [3.63, 3.8) is 0 Å². The van der Waals surface area contributed by atoms with Crippen molar-refractivity contribution in [2.75, 3.05) is 5.32 Å². The van der Waals surface area contributed by atoms with Crippen molar-refractivity contribution in [2.45, 2.75) is 0 Å². The number of anilines is 1. The lowest BCUT2D eigenvalue weighted by Gasteiger charge is -2.09. The topological polar surface area (TPSA) is 95.0 Å². The molecule has 0 spiro atoms. The highest BCUT2D eigenvalue weighted by atomic mass is 19.1. The Bertz CT molecular complexity index is 1240. The van der Waals surface area contributed by atoms with Crippen LogP contribution >= 0.6 is 0 Å². The van der Waals surface area contributed by atoms with Crippen LogP contribution in [0.15, 0.2) is 72.9 Å². The van der Waals surface area contributed by atoms with Gasteiger partial charge in [-0.3, -0.25) is 14.9 Å². The first-order valence-electron chi connectivity index (χ1n) is 8.96. The van der Waals surface area contributed by atoms with Gasteiger partial charge in [-0.1, -0.05) is 12.1 Å². The third-order valence-electron chi connectivity index (χ3n) is 4.58. The number of nitro groups is 1. The van der Waals surface area contributed by atoms with Gasteiger partial charge in [0.1, 0.15) is 17.2 Å². The van der Waals surface area contributed by atoms with Crippen molar-refractivity contribution < 1.29 is 14.1 Å². The molecule has 2 heterocycles.